The molecule has 1 rings (SSSR count). The summed E-state index contributed by atoms with van der Waals surface area (Å²) in [6.45, 7) is 4.67. The fourth-order valence-corrected chi connectivity index (χ4v) is 1.45. The van der Waals surface area contributed by atoms with Gasteiger partial charge < -0.3 is 15.4 Å². The first kappa shape index (κ1) is 14.0. The van der Waals surface area contributed by atoms with E-state index in [1.54, 1.807) is 24.3 Å². The van der Waals surface area contributed by atoms with Crippen LogP contribution in [0.5, 0.6) is 5.75 Å². The maximum Gasteiger partial charge on any atom is 0.255 e. The SMILES string of the molecule is CCNC(=O)CNC(=O)c1ccccc1OCC. The molecule has 0 atom stereocenters. The van der Waals surface area contributed by atoms with Crippen molar-refractivity contribution in [2.75, 3.05) is 19.7 Å². The van der Waals surface area contributed by atoms with Crippen molar-refractivity contribution in [2.24, 2.45) is 0 Å². The van der Waals surface area contributed by atoms with E-state index in [1.807, 2.05) is 13.8 Å². The molecule has 0 spiro atoms. The van der Waals surface area contributed by atoms with Crippen molar-refractivity contribution in [1.82, 2.24) is 10.6 Å². The fourth-order valence-electron chi connectivity index (χ4n) is 1.45. The van der Waals surface area contributed by atoms with Gasteiger partial charge in [0.25, 0.3) is 5.91 Å². The summed E-state index contributed by atoms with van der Waals surface area (Å²) in [6, 6.07) is 6.94. The molecule has 5 heteroatoms. The highest BCUT2D eigenvalue weighted by molar-refractivity contribution is 5.98. The van der Waals surface area contributed by atoms with Gasteiger partial charge in [-0.3, -0.25) is 9.59 Å². The van der Waals surface area contributed by atoms with Crippen molar-refractivity contribution >= 4 is 11.8 Å². The molecule has 18 heavy (non-hydrogen) atoms. The molecule has 0 radical (unpaired) electrons. The van der Waals surface area contributed by atoms with Crippen LogP contribution >= 0.6 is 0 Å². The molecule has 0 bridgehead atoms. The molecule has 1 aromatic rings. The molecule has 0 fully saturated rings. The smallest absolute Gasteiger partial charge is 0.255 e. The van der Waals surface area contributed by atoms with E-state index in [4.69, 9.17) is 4.74 Å². The lowest BCUT2D eigenvalue weighted by Crippen LogP contribution is -2.36. The minimum atomic E-state index is -0.315. The molecule has 1 aromatic carbocycles. The molecule has 0 aliphatic rings. The highest BCUT2D eigenvalue weighted by Crippen LogP contribution is 2.17. The van der Waals surface area contributed by atoms with E-state index in [0.717, 1.165) is 0 Å². The molecule has 0 aliphatic carbocycles. The maximum absolute atomic E-state index is 11.9. The van der Waals surface area contributed by atoms with Crippen molar-refractivity contribution < 1.29 is 14.3 Å². The molecular weight excluding hydrogens is 232 g/mol. The number of benzene rings is 1. The minimum Gasteiger partial charge on any atom is -0.493 e. The molecule has 0 saturated carbocycles. The zero-order valence-electron chi connectivity index (χ0n) is 10.7. The summed E-state index contributed by atoms with van der Waals surface area (Å²) in [5.41, 5.74) is 0.434. The van der Waals surface area contributed by atoms with Crippen molar-refractivity contribution in [3.63, 3.8) is 0 Å². The summed E-state index contributed by atoms with van der Waals surface area (Å²) in [6.07, 6.45) is 0. The van der Waals surface area contributed by atoms with Crippen LogP contribution in [0, 0.1) is 0 Å². The Morgan fingerprint density at radius 2 is 1.89 bits per heavy atom. The molecular formula is C13H18N2O3. The Kier molecular flexibility index (Phi) is 5.70. The van der Waals surface area contributed by atoms with Crippen LogP contribution < -0.4 is 15.4 Å². The van der Waals surface area contributed by atoms with Gasteiger partial charge in [-0.2, -0.15) is 0 Å². The van der Waals surface area contributed by atoms with Crippen molar-refractivity contribution in [3.05, 3.63) is 29.8 Å². The summed E-state index contributed by atoms with van der Waals surface area (Å²) in [7, 11) is 0. The number of hydrogen-bond acceptors (Lipinski definition) is 3. The lowest BCUT2D eigenvalue weighted by Gasteiger charge is -2.10. The van der Waals surface area contributed by atoms with Gasteiger partial charge in [0.05, 0.1) is 18.7 Å². The van der Waals surface area contributed by atoms with Gasteiger partial charge in [-0.15, -0.1) is 0 Å². The largest absolute Gasteiger partial charge is 0.493 e. The van der Waals surface area contributed by atoms with E-state index in [0.29, 0.717) is 24.5 Å². The van der Waals surface area contributed by atoms with Gasteiger partial charge in [0.2, 0.25) is 5.91 Å². The minimum absolute atomic E-state index is 0.0346. The van der Waals surface area contributed by atoms with E-state index in [9.17, 15) is 9.59 Å². The second kappa shape index (κ2) is 7.32. The highest BCUT2D eigenvalue weighted by Gasteiger charge is 2.12. The summed E-state index contributed by atoms with van der Waals surface area (Å²) in [5.74, 6) is -0.00144. The summed E-state index contributed by atoms with van der Waals surface area (Å²) in [4.78, 5) is 23.1. The first-order valence-electron chi connectivity index (χ1n) is 5.95. The topological polar surface area (TPSA) is 67.4 Å². The number of ether oxygens (including phenoxy) is 1. The number of rotatable bonds is 6. The van der Waals surface area contributed by atoms with E-state index in [2.05, 4.69) is 10.6 Å². The fraction of sp³-hybridized carbons (Fsp3) is 0.385. The second-order valence-corrected chi connectivity index (χ2v) is 3.57. The van der Waals surface area contributed by atoms with Crippen LogP contribution in [0.2, 0.25) is 0 Å². The van der Waals surface area contributed by atoms with E-state index in [-0.39, 0.29) is 18.4 Å². The Morgan fingerprint density at radius 1 is 1.17 bits per heavy atom. The first-order chi connectivity index (χ1) is 8.69. The Labute approximate surface area is 107 Å². The molecule has 0 unspecified atom stereocenters. The van der Waals surface area contributed by atoms with Gasteiger partial charge in [-0.05, 0) is 26.0 Å². The third-order valence-electron chi connectivity index (χ3n) is 2.21. The van der Waals surface area contributed by atoms with Gasteiger partial charge in [-0.1, -0.05) is 12.1 Å². The molecule has 0 aromatic heterocycles. The predicted molar refractivity (Wildman–Crippen MR) is 68.6 cm³/mol. The van der Waals surface area contributed by atoms with Crippen LogP contribution in [0.25, 0.3) is 0 Å². The van der Waals surface area contributed by atoms with Crippen LogP contribution in [0.3, 0.4) is 0 Å². The lowest BCUT2D eigenvalue weighted by molar-refractivity contribution is -0.120. The lowest BCUT2D eigenvalue weighted by atomic mass is 10.2. The molecule has 5 nitrogen and oxygen atoms in total. The average Bonchev–Trinajstić information content (AvgIpc) is 2.37. The van der Waals surface area contributed by atoms with Gasteiger partial charge in [0.1, 0.15) is 5.75 Å². The van der Waals surface area contributed by atoms with Gasteiger partial charge in [0.15, 0.2) is 0 Å². The van der Waals surface area contributed by atoms with Crippen molar-refractivity contribution in [2.45, 2.75) is 13.8 Å². The molecule has 98 valence electrons. The van der Waals surface area contributed by atoms with Crippen LogP contribution in [0.4, 0.5) is 0 Å². The van der Waals surface area contributed by atoms with E-state index < -0.39 is 0 Å². The summed E-state index contributed by atoms with van der Waals surface area (Å²) >= 11 is 0. The first-order valence-corrected chi connectivity index (χ1v) is 5.95. The van der Waals surface area contributed by atoms with Crippen LogP contribution in [-0.4, -0.2) is 31.5 Å². The molecule has 0 heterocycles. The van der Waals surface area contributed by atoms with Crippen LogP contribution in [0.1, 0.15) is 24.2 Å². The molecule has 2 amide bonds. The van der Waals surface area contributed by atoms with E-state index in [1.165, 1.54) is 0 Å². The van der Waals surface area contributed by atoms with Gasteiger partial charge in [-0.25, -0.2) is 0 Å². The number of likely N-dealkylation sites (N-methyl/N-ethyl adjacent to an activating group) is 1. The Morgan fingerprint density at radius 3 is 2.56 bits per heavy atom. The van der Waals surface area contributed by atoms with Crippen LogP contribution in [0.15, 0.2) is 24.3 Å². The average molecular weight is 250 g/mol. The zero-order valence-corrected chi connectivity index (χ0v) is 10.7. The monoisotopic (exact) mass is 250 g/mol. The Hall–Kier alpha value is -2.04. The predicted octanol–water partition coefficient (Wildman–Crippen LogP) is 0.951. The van der Waals surface area contributed by atoms with E-state index >= 15 is 0 Å². The Balaban J connectivity index is 2.63. The Bertz CT molecular complexity index is 418. The van der Waals surface area contributed by atoms with Crippen LogP contribution in [-0.2, 0) is 4.79 Å². The highest BCUT2D eigenvalue weighted by atomic mass is 16.5. The number of hydrogen-bond donors (Lipinski definition) is 2. The van der Waals surface area contributed by atoms with Crippen molar-refractivity contribution in [1.29, 1.82) is 0 Å². The molecule has 0 aliphatic heterocycles. The van der Waals surface area contributed by atoms with Crippen molar-refractivity contribution in [3.8, 4) is 5.75 Å². The second-order valence-electron chi connectivity index (χ2n) is 3.57. The van der Waals surface area contributed by atoms with Gasteiger partial charge >= 0.3 is 0 Å². The molecule has 0 saturated heterocycles. The number of carbonyl (C=O) groups is 2. The number of para-hydroxylation sites is 1. The number of carbonyl (C=O) groups excluding carboxylic acids is 2. The molecule has 2 N–H and O–H groups in total. The standard InChI is InChI=1S/C13H18N2O3/c1-3-14-12(16)9-15-13(17)10-7-5-6-8-11(10)18-4-2/h5-8H,3-4,9H2,1-2H3,(H,14,16)(H,15,17). The normalized spacial score (nSPS) is 9.67. The summed E-state index contributed by atoms with van der Waals surface area (Å²) < 4.78 is 5.35. The summed E-state index contributed by atoms with van der Waals surface area (Å²) in [5, 5.41) is 5.16. The maximum atomic E-state index is 11.9. The van der Waals surface area contributed by atoms with Gasteiger partial charge in [0, 0.05) is 6.54 Å². The number of nitrogens with one attached hydrogen (secondary N) is 2. The third kappa shape index (κ3) is 4.08. The quantitative estimate of drug-likeness (QED) is 0.790. The zero-order chi connectivity index (χ0) is 13.4. The third-order valence-corrected chi connectivity index (χ3v) is 2.21. The number of amides is 2.